The third-order valence-electron chi connectivity index (χ3n) is 4.34. The molecule has 2 rings (SSSR count). The summed E-state index contributed by atoms with van der Waals surface area (Å²) >= 11 is 0. The first-order valence-electron chi connectivity index (χ1n) is 8.67. The molecule has 0 heterocycles. The van der Waals surface area contributed by atoms with E-state index in [4.69, 9.17) is 0 Å². The van der Waals surface area contributed by atoms with Crippen molar-refractivity contribution in [3.05, 3.63) is 41.5 Å². The average molecular weight is 368 g/mol. The Labute approximate surface area is 151 Å². The van der Waals surface area contributed by atoms with Gasteiger partial charge in [-0.2, -0.15) is 13.2 Å². The van der Waals surface area contributed by atoms with Crippen LogP contribution in [0, 0.1) is 0 Å². The number of hydrogen-bond donors (Lipinski definition) is 1. The van der Waals surface area contributed by atoms with Crippen LogP contribution in [-0.2, 0) is 15.8 Å². The lowest BCUT2D eigenvalue weighted by molar-refractivity contribution is -0.137. The first-order chi connectivity index (χ1) is 12.3. The summed E-state index contributed by atoms with van der Waals surface area (Å²) < 4.78 is 37.9. The molecule has 2 amide bonds. The second-order valence-electron chi connectivity index (χ2n) is 6.36. The molecule has 4 nitrogen and oxygen atoms in total. The SMILES string of the molecule is CC(=O)N(CC(=O)NCCC1=CCCCC1)c1ccc(C(F)(F)F)cc1. The minimum Gasteiger partial charge on any atom is -0.354 e. The van der Waals surface area contributed by atoms with Gasteiger partial charge in [0.25, 0.3) is 0 Å². The molecule has 1 N–H and O–H groups in total. The molecule has 0 fully saturated rings. The van der Waals surface area contributed by atoms with Gasteiger partial charge in [0.15, 0.2) is 0 Å². The van der Waals surface area contributed by atoms with Gasteiger partial charge in [0.1, 0.15) is 6.54 Å². The van der Waals surface area contributed by atoms with Crippen LogP contribution in [0.3, 0.4) is 0 Å². The van der Waals surface area contributed by atoms with Crippen LogP contribution in [0.2, 0.25) is 0 Å². The Morgan fingerprint density at radius 1 is 1.15 bits per heavy atom. The van der Waals surface area contributed by atoms with Crippen molar-refractivity contribution in [1.82, 2.24) is 5.32 Å². The van der Waals surface area contributed by atoms with E-state index in [-0.39, 0.29) is 18.1 Å². The van der Waals surface area contributed by atoms with Crippen molar-refractivity contribution < 1.29 is 22.8 Å². The second kappa shape index (κ2) is 8.87. The number of benzene rings is 1. The lowest BCUT2D eigenvalue weighted by Crippen LogP contribution is -2.40. The van der Waals surface area contributed by atoms with E-state index in [0.717, 1.165) is 36.3 Å². The van der Waals surface area contributed by atoms with E-state index < -0.39 is 17.6 Å². The molecule has 0 saturated carbocycles. The molecule has 0 aliphatic heterocycles. The number of alkyl halides is 3. The van der Waals surface area contributed by atoms with Crippen LogP contribution in [0.25, 0.3) is 0 Å². The molecule has 26 heavy (non-hydrogen) atoms. The predicted octanol–water partition coefficient (Wildman–Crippen LogP) is 4.07. The number of nitrogens with zero attached hydrogens (tertiary/aromatic N) is 1. The van der Waals surface area contributed by atoms with E-state index in [1.54, 1.807) is 0 Å². The Balaban J connectivity index is 1.91. The van der Waals surface area contributed by atoms with Crippen LogP contribution in [0.4, 0.5) is 18.9 Å². The number of anilines is 1. The number of rotatable bonds is 6. The fraction of sp³-hybridized carbons (Fsp3) is 0.474. The smallest absolute Gasteiger partial charge is 0.354 e. The second-order valence-corrected chi connectivity index (χ2v) is 6.36. The van der Waals surface area contributed by atoms with E-state index >= 15 is 0 Å². The van der Waals surface area contributed by atoms with Gasteiger partial charge in [0.2, 0.25) is 11.8 Å². The molecule has 0 aromatic heterocycles. The Hall–Kier alpha value is -2.31. The van der Waals surface area contributed by atoms with Crippen molar-refractivity contribution in [3.63, 3.8) is 0 Å². The lowest BCUT2D eigenvalue weighted by atomic mass is 9.97. The molecule has 0 atom stereocenters. The molecule has 1 aliphatic carbocycles. The number of halogens is 3. The third kappa shape index (κ3) is 5.89. The molecular formula is C19H23F3N2O2. The van der Waals surface area contributed by atoms with Gasteiger partial charge in [0, 0.05) is 19.2 Å². The predicted molar refractivity (Wildman–Crippen MR) is 93.6 cm³/mol. The fourth-order valence-electron chi connectivity index (χ4n) is 2.91. The molecule has 0 unspecified atom stereocenters. The zero-order valence-corrected chi connectivity index (χ0v) is 14.7. The summed E-state index contributed by atoms with van der Waals surface area (Å²) in [5, 5.41) is 2.77. The minimum absolute atomic E-state index is 0.222. The van der Waals surface area contributed by atoms with Gasteiger partial charge in [-0.3, -0.25) is 9.59 Å². The molecule has 7 heteroatoms. The number of carbonyl (C=O) groups excluding carboxylic acids is 2. The fourth-order valence-corrected chi connectivity index (χ4v) is 2.91. The van der Waals surface area contributed by atoms with Gasteiger partial charge in [-0.1, -0.05) is 11.6 Å². The van der Waals surface area contributed by atoms with E-state index in [9.17, 15) is 22.8 Å². The van der Waals surface area contributed by atoms with E-state index in [1.807, 2.05) is 0 Å². The maximum absolute atomic E-state index is 12.6. The molecule has 0 bridgehead atoms. The number of carbonyl (C=O) groups is 2. The number of allylic oxidation sites excluding steroid dienone is 1. The van der Waals surface area contributed by atoms with Crippen molar-refractivity contribution in [2.45, 2.75) is 45.2 Å². The van der Waals surface area contributed by atoms with Crippen molar-refractivity contribution in [3.8, 4) is 0 Å². The zero-order valence-electron chi connectivity index (χ0n) is 14.7. The summed E-state index contributed by atoms with van der Waals surface area (Å²) in [5.74, 6) is -0.744. The Morgan fingerprint density at radius 2 is 1.85 bits per heavy atom. The molecule has 0 saturated heterocycles. The highest BCUT2D eigenvalue weighted by Gasteiger charge is 2.30. The largest absolute Gasteiger partial charge is 0.416 e. The number of amides is 2. The van der Waals surface area contributed by atoms with Crippen LogP contribution >= 0.6 is 0 Å². The first-order valence-corrected chi connectivity index (χ1v) is 8.67. The molecule has 1 aliphatic rings. The van der Waals surface area contributed by atoms with Crippen LogP contribution in [-0.4, -0.2) is 24.9 Å². The maximum Gasteiger partial charge on any atom is 0.416 e. The topological polar surface area (TPSA) is 49.4 Å². The van der Waals surface area contributed by atoms with Gasteiger partial charge in [-0.15, -0.1) is 0 Å². The van der Waals surface area contributed by atoms with E-state index in [0.29, 0.717) is 6.54 Å². The van der Waals surface area contributed by atoms with Gasteiger partial charge < -0.3 is 10.2 Å². The lowest BCUT2D eigenvalue weighted by Gasteiger charge is -2.21. The van der Waals surface area contributed by atoms with Gasteiger partial charge in [0.05, 0.1) is 5.56 Å². The van der Waals surface area contributed by atoms with Gasteiger partial charge in [-0.05, 0) is 56.4 Å². The molecule has 142 valence electrons. The standard InChI is InChI=1S/C19H23F3N2O2/c1-14(25)24(17-9-7-16(8-10-17)19(20,21)22)13-18(26)23-12-11-15-5-3-2-4-6-15/h5,7-10H,2-4,6,11-13H2,1H3,(H,23,26). The third-order valence-corrected chi connectivity index (χ3v) is 4.34. The highest BCUT2D eigenvalue weighted by atomic mass is 19.4. The maximum atomic E-state index is 12.6. The minimum atomic E-state index is -4.44. The van der Waals surface area contributed by atoms with Crippen LogP contribution in [0.1, 0.15) is 44.6 Å². The Kier molecular flexibility index (Phi) is 6.83. The highest BCUT2D eigenvalue weighted by Crippen LogP contribution is 2.30. The quantitative estimate of drug-likeness (QED) is 0.770. The summed E-state index contributed by atoms with van der Waals surface area (Å²) in [6.07, 6.45) is 3.06. The molecule has 0 radical (unpaired) electrons. The van der Waals surface area contributed by atoms with Crippen molar-refractivity contribution in [1.29, 1.82) is 0 Å². The average Bonchev–Trinajstić information content (AvgIpc) is 2.60. The summed E-state index contributed by atoms with van der Waals surface area (Å²) in [6.45, 7) is 1.54. The van der Waals surface area contributed by atoms with Crippen LogP contribution in [0.15, 0.2) is 35.9 Å². The van der Waals surface area contributed by atoms with E-state index in [1.165, 1.54) is 37.5 Å². The first kappa shape index (κ1) is 20.0. The van der Waals surface area contributed by atoms with Crippen LogP contribution < -0.4 is 10.2 Å². The van der Waals surface area contributed by atoms with Gasteiger partial charge >= 0.3 is 6.18 Å². The number of hydrogen-bond acceptors (Lipinski definition) is 2. The van der Waals surface area contributed by atoms with Gasteiger partial charge in [-0.25, -0.2) is 0 Å². The van der Waals surface area contributed by atoms with Crippen LogP contribution in [0.5, 0.6) is 0 Å². The van der Waals surface area contributed by atoms with E-state index in [2.05, 4.69) is 11.4 Å². The zero-order chi connectivity index (χ0) is 19.2. The van der Waals surface area contributed by atoms with Crippen molar-refractivity contribution >= 4 is 17.5 Å². The molecular weight excluding hydrogens is 345 g/mol. The monoisotopic (exact) mass is 368 g/mol. The summed E-state index contributed by atoms with van der Waals surface area (Å²) in [5.41, 5.74) is 0.799. The van der Waals surface area contributed by atoms with Crippen molar-refractivity contribution in [2.75, 3.05) is 18.0 Å². The molecule has 1 aromatic rings. The summed E-state index contributed by atoms with van der Waals surface area (Å²) in [6, 6.07) is 4.20. The normalized spacial score (nSPS) is 14.5. The Bertz CT molecular complexity index is 666. The highest BCUT2D eigenvalue weighted by molar-refractivity contribution is 5.97. The Morgan fingerprint density at radius 3 is 2.38 bits per heavy atom. The molecule has 0 spiro atoms. The summed E-state index contributed by atoms with van der Waals surface area (Å²) in [4.78, 5) is 25.1. The van der Waals surface area contributed by atoms with Crippen molar-refractivity contribution in [2.24, 2.45) is 0 Å². The molecule has 1 aromatic carbocycles. The summed E-state index contributed by atoms with van der Waals surface area (Å²) in [7, 11) is 0. The number of nitrogens with one attached hydrogen (secondary N) is 1.